The largest absolute Gasteiger partial charge is 0.446 e. The van der Waals surface area contributed by atoms with Gasteiger partial charge in [0.25, 0.3) is 5.79 Å². The topological polar surface area (TPSA) is 35.5 Å². The molecule has 2 aromatic rings. The third-order valence-corrected chi connectivity index (χ3v) is 4.25. The van der Waals surface area contributed by atoms with E-state index in [1.807, 2.05) is 61.5 Å². The van der Waals surface area contributed by atoms with E-state index in [9.17, 15) is 4.79 Å². The predicted octanol–water partition coefficient (Wildman–Crippen LogP) is 4.16. The summed E-state index contributed by atoms with van der Waals surface area (Å²) in [6, 6.07) is 17.3. The van der Waals surface area contributed by atoms with Crippen molar-refractivity contribution in [3.63, 3.8) is 0 Å². The van der Waals surface area contributed by atoms with E-state index in [0.717, 1.165) is 16.7 Å². The molecule has 3 nitrogen and oxygen atoms in total. The Balaban J connectivity index is 2.01. The van der Waals surface area contributed by atoms with E-state index in [4.69, 9.17) is 9.47 Å². The minimum absolute atomic E-state index is 0.346. The lowest BCUT2D eigenvalue weighted by Gasteiger charge is -2.36. The van der Waals surface area contributed by atoms with Gasteiger partial charge in [-0.05, 0) is 6.92 Å². The number of cyclic esters (lactones) is 1. The summed E-state index contributed by atoms with van der Waals surface area (Å²) in [5.41, 5.74) is 2.79. The van der Waals surface area contributed by atoms with Crippen LogP contribution in [0.5, 0.6) is 0 Å². The van der Waals surface area contributed by atoms with Crippen molar-refractivity contribution in [3.05, 3.63) is 77.4 Å². The summed E-state index contributed by atoms with van der Waals surface area (Å²) in [5, 5.41) is 0.346. The normalized spacial score (nSPS) is 20.8. The van der Waals surface area contributed by atoms with Gasteiger partial charge in [-0.1, -0.05) is 76.1 Å². The molecule has 0 amide bonds. The Labute approximate surface area is 137 Å². The molecular formula is C18H15BrO3. The van der Waals surface area contributed by atoms with E-state index < -0.39 is 11.8 Å². The molecule has 0 radical (unpaired) electrons. The molecule has 0 fully saturated rings. The van der Waals surface area contributed by atoms with Gasteiger partial charge >= 0.3 is 5.97 Å². The summed E-state index contributed by atoms with van der Waals surface area (Å²) >= 11 is 3.41. The second kappa shape index (κ2) is 5.97. The fourth-order valence-corrected chi connectivity index (χ4v) is 2.88. The first-order valence-electron chi connectivity index (χ1n) is 6.95. The van der Waals surface area contributed by atoms with Crippen molar-refractivity contribution < 1.29 is 14.3 Å². The number of ether oxygens (including phenoxy) is 2. The molecule has 1 aliphatic heterocycles. The van der Waals surface area contributed by atoms with E-state index >= 15 is 0 Å². The highest BCUT2D eigenvalue weighted by molar-refractivity contribution is 9.09. The number of alkyl halides is 1. The number of rotatable bonds is 3. The lowest BCUT2D eigenvalue weighted by molar-refractivity contribution is -0.203. The Morgan fingerprint density at radius 3 is 2.32 bits per heavy atom. The highest BCUT2D eigenvalue weighted by Gasteiger charge is 2.41. The van der Waals surface area contributed by atoms with Gasteiger partial charge in [0.1, 0.15) is 5.76 Å². The summed E-state index contributed by atoms with van der Waals surface area (Å²) in [7, 11) is 0. The molecule has 3 rings (SSSR count). The fraction of sp³-hybridized carbons (Fsp3) is 0.167. The maximum absolute atomic E-state index is 12.1. The zero-order valence-corrected chi connectivity index (χ0v) is 13.7. The van der Waals surface area contributed by atoms with Crippen LogP contribution < -0.4 is 0 Å². The van der Waals surface area contributed by atoms with Crippen molar-refractivity contribution in [1.82, 2.24) is 0 Å². The number of halogens is 1. The van der Waals surface area contributed by atoms with E-state index in [0.29, 0.717) is 11.1 Å². The molecule has 0 aromatic heterocycles. The number of esters is 1. The predicted molar refractivity (Wildman–Crippen MR) is 88.2 cm³/mol. The van der Waals surface area contributed by atoms with Crippen LogP contribution in [-0.4, -0.2) is 11.3 Å². The molecular weight excluding hydrogens is 344 g/mol. The zero-order valence-electron chi connectivity index (χ0n) is 12.1. The molecule has 0 saturated carbocycles. The zero-order chi connectivity index (χ0) is 15.6. The van der Waals surface area contributed by atoms with Crippen LogP contribution in [0.2, 0.25) is 0 Å². The summed E-state index contributed by atoms with van der Waals surface area (Å²) in [4.78, 5) is 12.1. The van der Waals surface area contributed by atoms with Gasteiger partial charge in [0, 0.05) is 11.1 Å². The van der Waals surface area contributed by atoms with Gasteiger partial charge < -0.3 is 9.47 Å². The Morgan fingerprint density at radius 1 is 1.00 bits per heavy atom. The molecule has 4 heteroatoms. The molecule has 1 heterocycles. The summed E-state index contributed by atoms with van der Waals surface area (Å²) in [6.07, 6.45) is 1.38. The Morgan fingerprint density at radius 2 is 1.68 bits per heavy atom. The molecule has 0 saturated heterocycles. The van der Waals surface area contributed by atoms with E-state index in [1.54, 1.807) is 0 Å². The van der Waals surface area contributed by atoms with Crippen molar-refractivity contribution >= 4 is 27.7 Å². The fourth-order valence-electron chi connectivity index (χ4n) is 2.33. The van der Waals surface area contributed by atoms with Crippen LogP contribution in [0.15, 0.2) is 60.7 Å². The number of aryl methyl sites for hydroxylation is 1. The molecule has 0 N–H and O–H groups in total. The monoisotopic (exact) mass is 358 g/mol. The highest BCUT2D eigenvalue weighted by atomic mass is 79.9. The van der Waals surface area contributed by atoms with Crippen LogP contribution in [0, 0.1) is 6.92 Å². The molecule has 0 aliphatic carbocycles. The van der Waals surface area contributed by atoms with E-state index in [-0.39, 0.29) is 0 Å². The third-order valence-electron chi connectivity index (χ3n) is 3.51. The van der Waals surface area contributed by atoms with E-state index in [2.05, 4.69) is 15.9 Å². The third kappa shape index (κ3) is 2.79. The maximum atomic E-state index is 12.1. The van der Waals surface area contributed by atoms with Gasteiger partial charge in [-0.2, -0.15) is 0 Å². The number of carbonyl (C=O) groups excluding carboxylic acids is 1. The number of carbonyl (C=O) groups is 1. The van der Waals surface area contributed by atoms with Gasteiger partial charge in [-0.15, -0.1) is 0 Å². The standard InChI is InChI=1S/C18H15BrO3/c1-13-7-9-14(10-8-13)16-11-17(20)22-18(12-19,21-16)15-5-3-2-4-6-15/h2-11H,12H2,1H3. The van der Waals surface area contributed by atoms with Crippen LogP contribution in [0.3, 0.4) is 0 Å². The highest BCUT2D eigenvalue weighted by Crippen LogP contribution is 2.38. The van der Waals surface area contributed by atoms with Crippen LogP contribution in [0.4, 0.5) is 0 Å². The smallest absolute Gasteiger partial charge is 0.338 e. The average molecular weight is 359 g/mol. The summed E-state index contributed by atoms with van der Waals surface area (Å²) in [6.45, 7) is 2.01. The average Bonchev–Trinajstić information content (AvgIpc) is 2.55. The minimum atomic E-state index is -1.15. The van der Waals surface area contributed by atoms with E-state index in [1.165, 1.54) is 6.08 Å². The molecule has 0 spiro atoms. The van der Waals surface area contributed by atoms with Crippen LogP contribution >= 0.6 is 15.9 Å². The SMILES string of the molecule is Cc1ccc(C2=CC(=O)OC(CBr)(c3ccccc3)O2)cc1. The first-order valence-corrected chi connectivity index (χ1v) is 8.07. The Hall–Kier alpha value is -2.07. The second-order valence-electron chi connectivity index (χ2n) is 5.15. The maximum Gasteiger partial charge on any atom is 0.338 e. The number of hydrogen-bond donors (Lipinski definition) is 0. The van der Waals surface area contributed by atoms with Crippen molar-refractivity contribution in [3.8, 4) is 0 Å². The molecule has 112 valence electrons. The quantitative estimate of drug-likeness (QED) is 0.610. The van der Waals surface area contributed by atoms with Crippen molar-refractivity contribution in [2.24, 2.45) is 0 Å². The van der Waals surface area contributed by atoms with Gasteiger partial charge in [0.05, 0.1) is 11.4 Å². The molecule has 1 unspecified atom stereocenters. The van der Waals surface area contributed by atoms with Crippen LogP contribution in [0.25, 0.3) is 5.76 Å². The molecule has 0 bridgehead atoms. The van der Waals surface area contributed by atoms with Crippen LogP contribution in [-0.2, 0) is 20.1 Å². The minimum Gasteiger partial charge on any atom is -0.446 e. The van der Waals surface area contributed by atoms with Crippen molar-refractivity contribution in [1.29, 1.82) is 0 Å². The first kappa shape index (κ1) is 14.9. The first-order chi connectivity index (χ1) is 10.6. The van der Waals surface area contributed by atoms with Crippen molar-refractivity contribution in [2.45, 2.75) is 12.7 Å². The number of benzene rings is 2. The molecule has 1 aliphatic rings. The van der Waals surface area contributed by atoms with Crippen molar-refractivity contribution in [2.75, 3.05) is 5.33 Å². The Bertz CT molecular complexity index is 707. The molecule has 22 heavy (non-hydrogen) atoms. The van der Waals surface area contributed by atoms with Gasteiger partial charge in [0.2, 0.25) is 0 Å². The molecule has 2 aromatic carbocycles. The Kier molecular flexibility index (Phi) is 4.03. The summed E-state index contributed by atoms with van der Waals surface area (Å²) < 4.78 is 11.6. The second-order valence-corrected chi connectivity index (χ2v) is 5.71. The van der Waals surface area contributed by atoms with Crippen LogP contribution in [0.1, 0.15) is 16.7 Å². The summed E-state index contributed by atoms with van der Waals surface area (Å²) in [5.74, 6) is -1.04. The lowest BCUT2D eigenvalue weighted by Crippen LogP contribution is -2.39. The van der Waals surface area contributed by atoms with Gasteiger partial charge in [-0.25, -0.2) is 4.79 Å². The van der Waals surface area contributed by atoms with Gasteiger partial charge in [-0.3, -0.25) is 0 Å². The molecule has 1 atom stereocenters. The lowest BCUT2D eigenvalue weighted by atomic mass is 10.1. The van der Waals surface area contributed by atoms with Gasteiger partial charge in [0.15, 0.2) is 0 Å². The number of hydrogen-bond acceptors (Lipinski definition) is 3.